The van der Waals surface area contributed by atoms with Crippen molar-refractivity contribution in [3.63, 3.8) is 0 Å². The molecule has 0 unspecified atom stereocenters. The van der Waals surface area contributed by atoms with Crippen molar-refractivity contribution in [3.8, 4) is 5.75 Å². The number of benzene rings is 1. The van der Waals surface area contributed by atoms with E-state index in [1.165, 1.54) is 11.1 Å². The molecule has 0 atom stereocenters. The number of rotatable bonds is 7. The van der Waals surface area contributed by atoms with E-state index in [0.717, 1.165) is 30.2 Å². The van der Waals surface area contributed by atoms with E-state index in [2.05, 4.69) is 51.8 Å². The third kappa shape index (κ3) is 7.29. The molecule has 0 saturated carbocycles. The van der Waals surface area contributed by atoms with E-state index in [9.17, 15) is 0 Å². The second-order valence-corrected chi connectivity index (χ2v) is 5.51. The highest BCUT2D eigenvalue weighted by atomic mass is 127. The molecule has 2 rings (SSSR count). The molecule has 0 saturated heterocycles. The Morgan fingerprint density at radius 2 is 2.08 bits per heavy atom. The Labute approximate surface area is 167 Å². The molecule has 0 fully saturated rings. The zero-order valence-corrected chi connectivity index (χ0v) is 17.4. The van der Waals surface area contributed by atoms with Crippen LogP contribution in [0.5, 0.6) is 5.75 Å². The highest BCUT2D eigenvalue weighted by Gasteiger charge is 2.05. The molecule has 2 N–H and O–H groups in total. The standard InChI is InChI=1S/C19H26N4O.HI/c1-4-24-18-12-15(2)7-8-17(18)14-23-19(20-3)22-11-9-16-6-5-10-21-13-16;/h5-8,10,12-13H,4,9,11,14H2,1-3H3,(H2,20,22,23);1H. The van der Waals surface area contributed by atoms with Gasteiger partial charge in [0.25, 0.3) is 0 Å². The Balaban J connectivity index is 0.00000312. The fraction of sp³-hybridized carbons (Fsp3) is 0.368. The van der Waals surface area contributed by atoms with Crippen LogP contribution in [-0.2, 0) is 13.0 Å². The molecule has 0 radical (unpaired) electrons. The third-order valence-electron chi connectivity index (χ3n) is 3.62. The Kier molecular flexibility index (Phi) is 9.91. The van der Waals surface area contributed by atoms with Crippen LogP contribution < -0.4 is 15.4 Å². The molecule has 2 aromatic rings. The van der Waals surface area contributed by atoms with Gasteiger partial charge in [0, 0.05) is 38.1 Å². The number of guanidine groups is 1. The average molecular weight is 454 g/mol. The lowest BCUT2D eigenvalue weighted by Crippen LogP contribution is -2.37. The van der Waals surface area contributed by atoms with Crippen LogP contribution >= 0.6 is 24.0 Å². The van der Waals surface area contributed by atoms with E-state index in [4.69, 9.17) is 4.74 Å². The summed E-state index contributed by atoms with van der Waals surface area (Å²) in [4.78, 5) is 8.39. The first-order valence-corrected chi connectivity index (χ1v) is 8.28. The predicted octanol–water partition coefficient (Wildman–Crippen LogP) is 3.31. The fourth-order valence-electron chi connectivity index (χ4n) is 2.37. The van der Waals surface area contributed by atoms with Crippen molar-refractivity contribution in [2.75, 3.05) is 20.2 Å². The van der Waals surface area contributed by atoms with Gasteiger partial charge in [0.15, 0.2) is 5.96 Å². The minimum absolute atomic E-state index is 0. The second kappa shape index (κ2) is 11.7. The molecule has 0 aliphatic heterocycles. The number of pyridine rings is 1. The van der Waals surface area contributed by atoms with Crippen LogP contribution in [0.2, 0.25) is 0 Å². The maximum atomic E-state index is 5.72. The minimum Gasteiger partial charge on any atom is -0.494 e. The number of hydrogen-bond donors (Lipinski definition) is 2. The monoisotopic (exact) mass is 454 g/mol. The van der Waals surface area contributed by atoms with Gasteiger partial charge in [-0.1, -0.05) is 18.2 Å². The summed E-state index contributed by atoms with van der Waals surface area (Å²) in [5.74, 6) is 1.71. The van der Waals surface area contributed by atoms with Gasteiger partial charge in [-0.15, -0.1) is 24.0 Å². The summed E-state index contributed by atoms with van der Waals surface area (Å²) in [7, 11) is 1.78. The normalized spacial score (nSPS) is 10.8. The smallest absolute Gasteiger partial charge is 0.191 e. The maximum absolute atomic E-state index is 5.72. The van der Waals surface area contributed by atoms with Crippen molar-refractivity contribution >= 4 is 29.9 Å². The molecule has 0 bridgehead atoms. The number of aromatic nitrogens is 1. The van der Waals surface area contributed by atoms with E-state index in [1.807, 2.05) is 19.2 Å². The van der Waals surface area contributed by atoms with Crippen LogP contribution in [0, 0.1) is 6.92 Å². The van der Waals surface area contributed by atoms with Crippen molar-refractivity contribution < 1.29 is 4.74 Å². The first kappa shape index (κ1) is 21.2. The van der Waals surface area contributed by atoms with Gasteiger partial charge in [0.1, 0.15) is 5.75 Å². The van der Waals surface area contributed by atoms with E-state index >= 15 is 0 Å². The fourth-order valence-corrected chi connectivity index (χ4v) is 2.37. The van der Waals surface area contributed by atoms with E-state index in [1.54, 1.807) is 13.2 Å². The van der Waals surface area contributed by atoms with Crippen LogP contribution in [-0.4, -0.2) is 31.1 Å². The van der Waals surface area contributed by atoms with Crippen LogP contribution in [0.4, 0.5) is 0 Å². The average Bonchev–Trinajstić information content (AvgIpc) is 2.60. The molecule has 0 spiro atoms. The number of aliphatic imine (C=N–C) groups is 1. The first-order valence-electron chi connectivity index (χ1n) is 8.28. The van der Waals surface area contributed by atoms with E-state index in [0.29, 0.717) is 13.2 Å². The van der Waals surface area contributed by atoms with Crippen LogP contribution in [0.25, 0.3) is 0 Å². The number of nitrogens with zero attached hydrogens (tertiary/aromatic N) is 2. The molecule has 0 aliphatic rings. The molecule has 5 nitrogen and oxygen atoms in total. The topological polar surface area (TPSA) is 58.5 Å². The number of halogens is 1. The molecule has 1 aromatic heterocycles. The Morgan fingerprint density at radius 3 is 2.76 bits per heavy atom. The van der Waals surface area contributed by atoms with Crippen molar-refractivity contribution in [2.24, 2.45) is 4.99 Å². The molecular weight excluding hydrogens is 427 g/mol. The molecule has 0 amide bonds. The number of aryl methyl sites for hydroxylation is 1. The van der Waals surface area contributed by atoms with Crippen LogP contribution in [0.15, 0.2) is 47.7 Å². The molecule has 0 aliphatic carbocycles. The lowest BCUT2D eigenvalue weighted by molar-refractivity contribution is 0.336. The molecule has 6 heteroatoms. The summed E-state index contributed by atoms with van der Waals surface area (Å²) in [6, 6.07) is 10.3. The minimum atomic E-state index is 0. The van der Waals surface area contributed by atoms with Crippen molar-refractivity contribution in [1.29, 1.82) is 0 Å². The summed E-state index contributed by atoms with van der Waals surface area (Å²) in [5, 5.41) is 6.65. The summed E-state index contributed by atoms with van der Waals surface area (Å²) in [6.45, 7) is 6.20. The molecular formula is C19H27IN4O. The molecule has 25 heavy (non-hydrogen) atoms. The van der Waals surface area contributed by atoms with Gasteiger partial charge < -0.3 is 15.4 Å². The Morgan fingerprint density at radius 1 is 1.24 bits per heavy atom. The largest absolute Gasteiger partial charge is 0.494 e. The lowest BCUT2D eigenvalue weighted by Gasteiger charge is -2.15. The first-order chi connectivity index (χ1) is 11.7. The molecule has 136 valence electrons. The highest BCUT2D eigenvalue weighted by molar-refractivity contribution is 14.0. The SMILES string of the molecule is CCOc1cc(C)ccc1CNC(=NC)NCCc1cccnc1.I. The highest BCUT2D eigenvalue weighted by Crippen LogP contribution is 2.20. The zero-order chi connectivity index (χ0) is 17.2. The van der Waals surface area contributed by atoms with Crippen LogP contribution in [0.1, 0.15) is 23.6 Å². The van der Waals surface area contributed by atoms with Gasteiger partial charge in [-0.05, 0) is 43.5 Å². The van der Waals surface area contributed by atoms with Gasteiger partial charge in [0.2, 0.25) is 0 Å². The predicted molar refractivity (Wildman–Crippen MR) is 114 cm³/mol. The molecule has 1 heterocycles. The van der Waals surface area contributed by atoms with E-state index in [-0.39, 0.29) is 24.0 Å². The zero-order valence-electron chi connectivity index (χ0n) is 15.1. The number of ether oxygens (including phenoxy) is 1. The lowest BCUT2D eigenvalue weighted by atomic mass is 10.1. The quantitative estimate of drug-likeness (QED) is 0.383. The van der Waals surface area contributed by atoms with Gasteiger partial charge in [-0.2, -0.15) is 0 Å². The van der Waals surface area contributed by atoms with Gasteiger partial charge in [-0.25, -0.2) is 0 Å². The summed E-state index contributed by atoms with van der Waals surface area (Å²) in [6.07, 6.45) is 4.58. The number of nitrogens with one attached hydrogen (secondary N) is 2. The van der Waals surface area contributed by atoms with Gasteiger partial charge in [0.05, 0.1) is 6.61 Å². The summed E-state index contributed by atoms with van der Waals surface area (Å²) >= 11 is 0. The van der Waals surface area contributed by atoms with Crippen molar-refractivity contribution in [2.45, 2.75) is 26.8 Å². The summed E-state index contributed by atoms with van der Waals surface area (Å²) in [5.41, 5.74) is 3.52. The Hall–Kier alpha value is -1.83. The van der Waals surface area contributed by atoms with E-state index < -0.39 is 0 Å². The van der Waals surface area contributed by atoms with Crippen LogP contribution in [0.3, 0.4) is 0 Å². The second-order valence-electron chi connectivity index (χ2n) is 5.51. The van der Waals surface area contributed by atoms with Gasteiger partial charge in [-0.3, -0.25) is 9.98 Å². The Bertz CT molecular complexity index is 662. The van der Waals surface area contributed by atoms with Crippen molar-refractivity contribution in [1.82, 2.24) is 15.6 Å². The van der Waals surface area contributed by atoms with Gasteiger partial charge >= 0.3 is 0 Å². The third-order valence-corrected chi connectivity index (χ3v) is 3.62. The molecule has 1 aromatic carbocycles. The van der Waals surface area contributed by atoms with Crippen molar-refractivity contribution in [3.05, 3.63) is 59.4 Å². The summed E-state index contributed by atoms with van der Waals surface area (Å²) < 4.78 is 5.72. The number of hydrogen-bond acceptors (Lipinski definition) is 3. The maximum Gasteiger partial charge on any atom is 0.191 e.